The topological polar surface area (TPSA) is 75.2 Å². The number of hydrogen-bond acceptors (Lipinski definition) is 3. The smallest absolute Gasteiger partial charge is 0.356 e. The number of nitrogens with one attached hydrogen (secondary N) is 1. The zero-order chi connectivity index (χ0) is 12.3. The molecule has 0 fully saturated rings. The number of ether oxygens (including phenoxy) is 1. The van der Waals surface area contributed by atoms with Crippen molar-refractivity contribution in [2.75, 3.05) is 0 Å². The number of carboxylic acid groups (broad SMARTS) is 1. The minimum absolute atomic E-state index is 0.00613. The van der Waals surface area contributed by atoms with Gasteiger partial charge in [0.25, 0.3) is 0 Å². The highest BCUT2D eigenvalue weighted by molar-refractivity contribution is 5.85. The number of aromatic amines is 1. The summed E-state index contributed by atoms with van der Waals surface area (Å²) in [5.74, 6) is -0.276. The molecule has 0 spiro atoms. The quantitative estimate of drug-likeness (QED) is 0.845. The Balaban J connectivity index is 2.02. The molecular weight excluding hydrogens is 220 g/mol. The molecule has 1 aromatic heterocycles. The van der Waals surface area contributed by atoms with Gasteiger partial charge in [0.1, 0.15) is 12.4 Å². The van der Waals surface area contributed by atoms with Gasteiger partial charge in [0.2, 0.25) is 0 Å². The van der Waals surface area contributed by atoms with Gasteiger partial charge in [0.05, 0.1) is 5.69 Å². The van der Waals surface area contributed by atoms with Crippen LogP contribution in [0.2, 0.25) is 0 Å². The predicted octanol–water partition coefficient (Wildman–Crippen LogP) is 2.00. The molecular formula is C12H12N2O3. The van der Waals surface area contributed by atoms with Crippen LogP contribution in [0.4, 0.5) is 0 Å². The van der Waals surface area contributed by atoms with E-state index in [1.807, 2.05) is 31.2 Å². The highest BCUT2D eigenvalue weighted by Gasteiger charge is 2.08. The third-order valence-electron chi connectivity index (χ3n) is 2.33. The van der Waals surface area contributed by atoms with E-state index in [2.05, 4.69) is 10.2 Å². The molecule has 0 aliphatic carbocycles. The van der Waals surface area contributed by atoms with Crippen LogP contribution in [0, 0.1) is 6.92 Å². The third kappa shape index (κ3) is 2.63. The maximum atomic E-state index is 10.6. The lowest BCUT2D eigenvalue weighted by molar-refractivity contribution is 0.0690. The lowest BCUT2D eigenvalue weighted by Crippen LogP contribution is -1.97. The van der Waals surface area contributed by atoms with Gasteiger partial charge in [-0.3, -0.25) is 5.10 Å². The van der Waals surface area contributed by atoms with Crippen LogP contribution in [0.25, 0.3) is 0 Å². The monoisotopic (exact) mass is 232 g/mol. The first-order chi connectivity index (χ1) is 8.16. The number of H-pyrrole nitrogens is 1. The van der Waals surface area contributed by atoms with Gasteiger partial charge >= 0.3 is 5.97 Å². The van der Waals surface area contributed by atoms with Gasteiger partial charge in [-0.1, -0.05) is 18.2 Å². The molecule has 0 aliphatic rings. The van der Waals surface area contributed by atoms with E-state index in [-0.39, 0.29) is 12.3 Å². The van der Waals surface area contributed by atoms with E-state index in [4.69, 9.17) is 9.84 Å². The molecule has 0 atom stereocenters. The van der Waals surface area contributed by atoms with Crippen LogP contribution in [0.5, 0.6) is 5.75 Å². The molecule has 2 rings (SSSR count). The Kier molecular flexibility index (Phi) is 3.09. The molecule has 2 N–H and O–H groups in total. The summed E-state index contributed by atoms with van der Waals surface area (Å²) in [4.78, 5) is 10.6. The fourth-order valence-corrected chi connectivity index (χ4v) is 1.42. The van der Waals surface area contributed by atoms with Crippen LogP contribution in [-0.2, 0) is 6.61 Å². The summed E-state index contributed by atoms with van der Waals surface area (Å²) in [5.41, 5.74) is 1.66. The summed E-state index contributed by atoms with van der Waals surface area (Å²) in [7, 11) is 0. The van der Waals surface area contributed by atoms with E-state index in [0.29, 0.717) is 5.69 Å². The normalized spacial score (nSPS) is 10.2. The molecule has 5 heteroatoms. The Bertz CT molecular complexity index is 534. The molecule has 0 radical (unpaired) electrons. The molecule has 0 unspecified atom stereocenters. The zero-order valence-corrected chi connectivity index (χ0v) is 9.30. The second kappa shape index (κ2) is 4.69. The van der Waals surface area contributed by atoms with Crippen molar-refractivity contribution in [1.29, 1.82) is 0 Å². The van der Waals surface area contributed by atoms with Crippen molar-refractivity contribution in [2.24, 2.45) is 0 Å². The lowest BCUT2D eigenvalue weighted by Gasteiger charge is -2.06. The van der Waals surface area contributed by atoms with Crippen LogP contribution in [-0.4, -0.2) is 21.3 Å². The number of benzene rings is 1. The van der Waals surface area contributed by atoms with Crippen molar-refractivity contribution in [1.82, 2.24) is 10.2 Å². The first kappa shape index (κ1) is 11.2. The molecule has 88 valence electrons. The molecule has 1 aromatic carbocycles. The largest absolute Gasteiger partial charge is 0.487 e. The molecule has 5 nitrogen and oxygen atoms in total. The predicted molar refractivity (Wildman–Crippen MR) is 61.1 cm³/mol. The number of carboxylic acids is 1. The maximum absolute atomic E-state index is 10.6. The minimum Gasteiger partial charge on any atom is -0.487 e. The van der Waals surface area contributed by atoms with Gasteiger partial charge in [-0.15, -0.1) is 0 Å². The van der Waals surface area contributed by atoms with E-state index in [9.17, 15) is 4.79 Å². The van der Waals surface area contributed by atoms with E-state index >= 15 is 0 Å². The summed E-state index contributed by atoms with van der Waals surface area (Å²) in [5, 5.41) is 15.0. The van der Waals surface area contributed by atoms with Gasteiger partial charge in [0, 0.05) is 0 Å². The van der Waals surface area contributed by atoms with Crippen LogP contribution in [0.1, 0.15) is 21.7 Å². The molecule has 2 aromatic rings. The fraction of sp³-hybridized carbons (Fsp3) is 0.167. The summed E-state index contributed by atoms with van der Waals surface area (Å²) in [6.07, 6.45) is 0. The summed E-state index contributed by atoms with van der Waals surface area (Å²) in [6.45, 7) is 2.22. The van der Waals surface area contributed by atoms with Crippen LogP contribution >= 0.6 is 0 Å². The van der Waals surface area contributed by atoms with Gasteiger partial charge in [-0.25, -0.2) is 4.79 Å². The van der Waals surface area contributed by atoms with E-state index in [1.54, 1.807) is 0 Å². The molecule has 0 amide bonds. The highest BCUT2D eigenvalue weighted by Crippen LogP contribution is 2.17. The number of para-hydroxylation sites is 1. The van der Waals surface area contributed by atoms with Crippen LogP contribution < -0.4 is 4.74 Å². The van der Waals surface area contributed by atoms with Crippen LogP contribution in [0.3, 0.4) is 0 Å². The van der Waals surface area contributed by atoms with Crippen molar-refractivity contribution in [3.8, 4) is 5.75 Å². The van der Waals surface area contributed by atoms with E-state index in [0.717, 1.165) is 11.3 Å². The van der Waals surface area contributed by atoms with Gasteiger partial charge in [-0.2, -0.15) is 5.10 Å². The average molecular weight is 232 g/mol. The van der Waals surface area contributed by atoms with E-state index in [1.165, 1.54) is 6.07 Å². The molecule has 1 heterocycles. The number of nitrogens with zero attached hydrogens (tertiary/aromatic N) is 1. The van der Waals surface area contributed by atoms with Gasteiger partial charge < -0.3 is 9.84 Å². The lowest BCUT2D eigenvalue weighted by atomic mass is 10.2. The van der Waals surface area contributed by atoms with Crippen molar-refractivity contribution < 1.29 is 14.6 Å². The fourth-order valence-electron chi connectivity index (χ4n) is 1.42. The highest BCUT2D eigenvalue weighted by atomic mass is 16.5. The Morgan fingerprint density at radius 3 is 2.88 bits per heavy atom. The standard InChI is InChI=1S/C12H12N2O3/c1-8-4-2-3-5-11(8)17-7-9-6-10(12(15)16)14-13-9/h2-6H,7H2,1H3,(H,13,14)(H,15,16). The van der Waals surface area contributed by atoms with Gasteiger partial charge in [0.15, 0.2) is 5.69 Å². The van der Waals surface area contributed by atoms with E-state index < -0.39 is 5.97 Å². The third-order valence-corrected chi connectivity index (χ3v) is 2.33. The summed E-state index contributed by atoms with van der Waals surface area (Å²) < 4.78 is 5.55. The van der Waals surface area contributed by atoms with Gasteiger partial charge in [-0.05, 0) is 24.6 Å². The Labute approximate surface area is 98.0 Å². The SMILES string of the molecule is Cc1ccccc1OCc1cc(C(=O)O)n[nH]1. The zero-order valence-electron chi connectivity index (χ0n) is 9.30. The number of aromatic carboxylic acids is 1. The first-order valence-electron chi connectivity index (χ1n) is 5.13. The molecule has 0 saturated carbocycles. The number of carbonyl (C=O) groups is 1. The maximum Gasteiger partial charge on any atom is 0.356 e. The van der Waals surface area contributed by atoms with Crippen molar-refractivity contribution in [2.45, 2.75) is 13.5 Å². The average Bonchev–Trinajstić information content (AvgIpc) is 2.77. The molecule has 17 heavy (non-hydrogen) atoms. The Morgan fingerprint density at radius 2 is 2.24 bits per heavy atom. The van der Waals surface area contributed by atoms with Crippen molar-refractivity contribution >= 4 is 5.97 Å². The Morgan fingerprint density at radius 1 is 1.47 bits per heavy atom. The number of hydrogen-bond donors (Lipinski definition) is 2. The number of rotatable bonds is 4. The molecule has 0 bridgehead atoms. The summed E-state index contributed by atoms with van der Waals surface area (Å²) in [6, 6.07) is 9.09. The first-order valence-corrected chi connectivity index (χ1v) is 5.13. The number of aromatic nitrogens is 2. The molecule has 0 saturated heterocycles. The summed E-state index contributed by atoms with van der Waals surface area (Å²) >= 11 is 0. The minimum atomic E-state index is -1.05. The second-order valence-electron chi connectivity index (χ2n) is 3.64. The van der Waals surface area contributed by atoms with Crippen molar-refractivity contribution in [3.63, 3.8) is 0 Å². The number of aryl methyl sites for hydroxylation is 1. The van der Waals surface area contributed by atoms with Crippen LogP contribution in [0.15, 0.2) is 30.3 Å². The Hall–Kier alpha value is -2.30. The second-order valence-corrected chi connectivity index (χ2v) is 3.64. The molecule has 0 aliphatic heterocycles. The van der Waals surface area contributed by atoms with Crippen molar-refractivity contribution in [3.05, 3.63) is 47.3 Å².